The van der Waals surface area contributed by atoms with Gasteiger partial charge >= 0.3 is 0 Å². The van der Waals surface area contributed by atoms with Crippen molar-refractivity contribution in [3.05, 3.63) is 23.8 Å². The molecule has 7 heteroatoms. The first-order valence-corrected chi connectivity index (χ1v) is 4.71. The highest BCUT2D eigenvalue weighted by atomic mass is 16.1. The summed E-state index contributed by atoms with van der Waals surface area (Å²) in [4.78, 5) is 10.3. The number of nitriles is 1. The van der Waals surface area contributed by atoms with Crippen LogP contribution in [0.3, 0.4) is 0 Å². The van der Waals surface area contributed by atoms with Crippen molar-refractivity contribution >= 4 is 17.8 Å². The average molecular weight is 232 g/mol. The maximum absolute atomic E-state index is 10.3. The minimum atomic E-state index is 0.436. The van der Waals surface area contributed by atoms with Crippen LogP contribution in [0, 0.1) is 11.3 Å². The van der Waals surface area contributed by atoms with Gasteiger partial charge in [-0.25, -0.2) is 10.0 Å². The fourth-order valence-corrected chi connectivity index (χ4v) is 1.08. The van der Waals surface area contributed by atoms with Crippen LogP contribution in [0.5, 0.6) is 0 Å². The fraction of sp³-hybridized carbons (Fsp3) is 0.200. The third kappa shape index (κ3) is 3.46. The molecule has 7 nitrogen and oxygen atoms in total. The normalized spacial score (nSPS) is 9.94. The van der Waals surface area contributed by atoms with Crippen LogP contribution < -0.4 is 10.7 Å². The van der Waals surface area contributed by atoms with Gasteiger partial charge in [0.1, 0.15) is 0 Å². The zero-order valence-electron chi connectivity index (χ0n) is 9.53. The Balaban J connectivity index is 2.93. The van der Waals surface area contributed by atoms with Crippen LogP contribution >= 0.6 is 0 Å². The lowest BCUT2D eigenvalue weighted by Gasteiger charge is -2.12. The second-order valence-corrected chi connectivity index (χ2v) is 3.31. The van der Waals surface area contributed by atoms with E-state index >= 15 is 0 Å². The largest absolute Gasteiger partial charge is 0.399 e. The topological polar surface area (TPSA) is 98.1 Å². The van der Waals surface area contributed by atoms with E-state index in [1.165, 1.54) is 12.1 Å². The van der Waals surface area contributed by atoms with Gasteiger partial charge in [-0.05, 0) is 28.6 Å². The number of carbonyl (C=O) groups is 1. The zero-order chi connectivity index (χ0) is 12.8. The highest BCUT2D eigenvalue weighted by Crippen LogP contribution is 2.19. The summed E-state index contributed by atoms with van der Waals surface area (Å²) in [6.07, 6.45) is 0.525. The van der Waals surface area contributed by atoms with Gasteiger partial charge in [0.05, 0.1) is 17.3 Å². The minimum Gasteiger partial charge on any atom is -0.399 e. The molecule has 1 aromatic carbocycles. The van der Waals surface area contributed by atoms with E-state index in [0.29, 0.717) is 23.3 Å². The van der Waals surface area contributed by atoms with E-state index in [1.54, 1.807) is 25.2 Å². The summed E-state index contributed by atoms with van der Waals surface area (Å²) in [5, 5.41) is 18.6. The van der Waals surface area contributed by atoms with Crippen molar-refractivity contribution in [2.45, 2.75) is 0 Å². The first-order chi connectivity index (χ1) is 8.06. The van der Waals surface area contributed by atoms with Crippen LogP contribution in [0.15, 0.2) is 28.6 Å². The Morgan fingerprint density at radius 1 is 1.35 bits per heavy atom. The van der Waals surface area contributed by atoms with Gasteiger partial charge in [-0.1, -0.05) is 0 Å². The predicted molar refractivity (Wildman–Crippen MR) is 62.7 cm³/mol. The monoisotopic (exact) mass is 232 g/mol. The highest BCUT2D eigenvalue weighted by molar-refractivity contribution is 5.60. The predicted octanol–water partition coefficient (Wildman–Crippen LogP) is 0.947. The number of anilines is 2. The van der Waals surface area contributed by atoms with E-state index in [9.17, 15) is 4.79 Å². The van der Waals surface area contributed by atoms with Gasteiger partial charge in [0.25, 0.3) is 0 Å². The molecule has 17 heavy (non-hydrogen) atoms. The molecular formula is C10H12N6O. The van der Waals surface area contributed by atoms with E-state index in [4.69, 9.17) is 11.0 Å². The van der Waals surface area contributed by atoms with Crippen LogP contribution in [0.2, 0.25) is 0 Å². The van der Waals surface area contributed by atoms with E-state index in [0.717, 1.165) is 5.01 Å². The molecule has 0 radical (unpaired) electrons. The molecule has 0 spiro atoms. The third-order valence-corrected chi connectivity index (χ3v) is 1.91. The lowest BCUT2D eigenvalue weighted by atomic mass is 10.2. The van der Waals surface area contributed by atoms with Crippen LogP contribution in [0.4, 0.5) is 11.4 Å². The first-order valence-electron chi connectivity index (χ1n) is 4.71. The van der Waals surface area contributed by atoms with Gasteiger partial charge in [0.2, 0.25) is 6.41 Å². The van der Waals surface area contributed by atoms with Gasteiger partial charge in [-0.3, -0.25) is 4.79 Å². The Morgan fingerprint density at radius 2 is 2.06 bits per heavy atom. The quantitative estimate of drug-likeness (QED) is 0.361. The molecule has 1 aromatic rings. The van der Waals surface area contributed by atoms with E-state index in [-0.39, 0.29) is 0 Å². The molecule has 0 saturated carbocycles. The second kappa shape index (κ2) is 5.46. The van der Waals surface area contributed by atoms with Gasteiger partial charge < -0.3 is 5.73 Å². The molecule has 0 atom stereocenters. The van der Waals surface area contributed by atoms with Crippen molar-refractivity contribution in [2.24, 2.45) is 10.4 Å². The molecule has 1 amide bonds. The molecular weight excluding hydrogens is 220 g/mol. The minimum absolute atomic E-state index is 0.436. The molecule has 0 bridgehead atoms. The molecule has 2 N–H and O–H groups in total. The molecule has 0 aliphatic carbocycles. The number of hydrogen-bond donors (Lipinski definition) is 1. The number of rotatable bonds is 4. The maximum Gasteiger partial charge on any atom is 0.231 e. The van der Waals surface area contributed by atoms with Crippen LogP contribution in [0.25, 0.3) is 0 Å². The number of amides is 1. The van der Waals surface area contributed by atoms with E-state index in [2.05, 4.69) is 10.4 Å². The lowest BCUT2D eigenvalue weighted by molar-refractivity contribution is -0.117. The van der Waals surface area contributed by atoms with Crippen molar-refractivity contribution in [1.29, 1.82) is 5.26 Å². The summed E-state index contributed by atoms with van der Waals surface area (Å²) in [5.41, 5.74) is 7.15. The molecule has 0 aromatic heterocycles. The second-order valence-electron chi connectivity index (χ2n) is 3.31. The number of hydrogen-bond acceptors (Lipinski definition) is 5. The average Bonchev–Trinajstić information content (AvgIpc) is 2.34. The van der Waals surface area contributed by atoms with Crippen molar-refractivity contribution < 1.29 is 4.79 Å². The Bertz CT molecular complexity index is 478. The van der Waals surface area contributed by atoms with Crippen molar-refractivity contribution in [1.82, 2.24) is 5.01 Å². The van der Waals surface area contributed by atoms with E-state index in [1.807, 2.05) is 6.07 Å². The fourth-order valence-electron chi connectivity index (χ4n) is 1.08. The van der Waals surface area contributed by atoms with Gasteiger partial charge in [0.15, 0.2) is 0 Å². The Hall–Kier alpha value is -2.62. The number of carbonyl (C=O) groups excluding carboxylic acids is 1. The molecule has 0 fully saturated rings. The molecule has 0 aliphatic rings. The molecule has 0 unspecified atom stereocenters. The van der Waals surface area contributed by atoms with Crippen molar-refractivity contribution in [3.8, 4) is 6.07 Å². The Labute approximate surface area is 98.7 Å². The third-order valence-electron chi connectivity index (χ3n) is 1.91. The van der Waals surface area contributed by atoms with Gasteiger partial charge in [-0.15, -0.1) is 0 Å². The Morgan fingerprint density at radius 3 is 2.65 bits per heavy atom. The standard InChI is InChI=1S/C10H12N6O/c1-15(7-17)13-14-16(2)10-4-8(6-11)3-9(12)5-10/h3-5,7H,12H2,1-2H3/b14-13-. The van der Waals surface area contributed by atoms with Crippen LogP contribution in [-0.2, 0) is 4.79 Å². The first kappa shape index (κ1) is 12.4. The van der Waals surface area contributed by atoms with Crippen molar-refractivity contribution in [2.75, 3.05) is 24.8 Å². The molecule has 1 rings (SSSR count). The number of nitrogens with two attached hydrogens (primary N) is 1. The summed E-state index contributed by atoms with van der Waals surface area (Å²) in [6.45, 7) is 0. The number of benzene rings is 1. The van der Waals surface area contributed by atoms with Crippen LogP contribution in [-0.4, -0.2) is 25.5 Å². The molecule has 88 valence electrons. The molecule has 0 heterocycles. The smallest absolute Gasteiger partial charge is 0.231 e. The van der Waals surface area contributed by atoms with Gasteiger partial charge in [-0.2, -0.15) is 5.26 Å². The lowest BCUT2D eigenvalue weighted by Crippen LogP contribution is -2.12. The molecule has 0 saturated heterocycles. The summed E-state index contributed by atoms with van der Waals surface area (Å²) in [6, 6.07) is 6.83. The SMILES string of the molecule is CN(C=O)/N=N\N(C)c1cc(N)cc(C#N)c1. The summed E-state index contributed by atoms with van der Waals surface area (Å²) in [7, 11) is 3.10. The number of nitrogen functional groups attached to an aromatic ring is 1. The summed E-state index contributed by atoms with van der Waals surface area (Å²) >= 11 is 0. The summed E-state index contributed by atoms with van der Waals surface area (Å²) < 4.78 is 0. The highest BCUT2D eigenvalue weighted by Gasteiger charge is 2.03. The van der Waals surface area contributed by atoms with Gasteiger partial charge in [0, 0.05) is 19.8 Å². The zero-order valence-corrected chi connectivity index (χ0v) is 9.53. The van der Waals surface area contributed by atoms with E-state index < -0.39 is 0 Å². The maximum atomic E-state index is 10.3. The van der Waals surface area contributed by atoms with Crippen molar-refractivity contribution in [3.63, 3.8) is 0 Å². The number of nitrogens with zero attached hydrogens (tertiary/aromatic N) is 5. The Kier molecular flexibility index (Phi) is 4.00. The van der Waals surface area contributed by atoms with Crippen LogP contribution in [0.1, 0.15) is 5.56 Å². The summed E-state index contributed by atoms with van der Waals surface area (Å²) in [5.74, 6) is 0. The molecule has 0 aliphatic heterocycles.